The Morgan fingerprint density at radius 3 is 2.50 bits per heavy atom. The van der Waals surface area contributed by atoms with E-state index in [4.69, 9.17) is 4.74 Å². The number of hydrogen-bond donors (Lipinski definition) is 1. The molecule has 0 aromatic heterocycles. The highest BCUT2D eigenvalue weighted by Crippen LogP contribution is 2.36. The molecule has 3 rings (SSSR count). The minimum absolute atomic E-state index is 0.204. The first-order valence-electron chi connectivity index (χ1n) is 7.98. The zero-order chi connectivity index (χ0) is 14.0. The second-order valence-corrected chi connectivity index (χ2v) is 7.25. The molecule has 1 saturated carbocycles. The fraction of sp³-hybridized carbons (Fsp3) is 0.933. The van der Waals surface area contributed by atoms with Gasteiger partial charge in [0, 0.05) is 43.4 Å². The fourth-order valence-corrected chi connectivity index (χ4v) is 4.43. The third-order valence-electron chi connectivity index (χ3n) is 5.15. The van der Waals surface area contributed by atoms with Gasteiger partial charge in [-0.2, -0.15) is 12.6 Å². The molecule has 114 valence electrons. The highest BCUT2D eigenvalue weighted by Gasteiger charge is 2.42. The van der Waals surface area contributed by atoms with E-state index in [1.807, 2.05) is 0 Å². The molecule has 2 aliphatic heterocycles. The molecule has 3 aliphatic rings. The van der Waals surface area contributed by atoms with Crippen LogP contribution in [0.4, 0.5) is 0 Å². The van der Waals surface area contributed by atoms with Gasteiger partial charge in [0.15, 0.2) is 0 Å². The van der Waals surface area contributed by atoms with Gasteiger partial charge in [-0.1, -0.05) is 19.3 Å². The first kappa shape index (κ1) is 14.7. The lowest BCUT2D eigenvalue weighted by atomic mass is 9.79. The summed E-state index contributed by atoms with van der Waals surface area (Å²) in [5, 5.41) is 0.229. The van der Waals surface area contributed by atoms with E-state index in [0.717, 1.165) is 39.4 Å². The maximum Gasteiger partial charge on any atom is 0.223 e. The molecule has 1 atom stereocenters. The third-order valence-corrected chi connectivity index (χ3v) is 5.49. The normalized spacial score (nSPS) is 31.8. The molecule has 0 spiro atoms. The standard InChI is InChI=1S/C15H26N2O2S/c18-14-10-13(20)11-16(14)12-15(4-2-1-3-5-15)17-6-8-19-9-7-17/h13,20H,1-12H2. The maximum absolute atomic E-state index is 12.1. The molecule has 4 nitrogen and oxygen atoms in total. The number of amides is 1. The monoisotopic (exact) mass is 298 g/mol. The summed E-state index contributed by atoms with van der Waals surface area (Å²) < 4.78 is 5.51. The predicted molar refractivity (Wildman–Crippen MR) is 82.2 cm³/mol. The molecule has 3 fully saturated rings. The van der Waals surface area contributed by atoms with Crippen LogP contribution in [-0.4, -0.2) is 65.9 Å². The topological polar surface area (TPSA) is 32.8 Å². The van der Waals surface area contributed by atoms with Crippen molar-refractivity contribution in [3.8, 4) is 0 Å². The van der Waals surface area contributed by atoms with E-state index in [9.17, 15) is 4.79 Å². The van der Waals surface area contributed by atoms with Crippen molar-refractivity contribution in [2.75, 3.05) is 39.4 Å². The van der Waals surface area contributed by atoms with Crippen molar-refractivity contribution in [1.29, 1.82) is 0 Å². The average Bonchev–Trinajstić information content (AvgIpc) is 2.79. The van der Waals surface area contributed by atoms with E-state index in [1.54, 1.807) is 0 Å². The Hall–Kier alpha value is -0.260. The third kappa shape index (κ3) is 3.00. The Kier molecular flexibility index (Phi) is 4.58. The molecule has 2 heterocycles. The van der Waals surface area contributed by atoms with Gasteiger partial charge >= 0.3 is 0 Å². The van der Waals surface area contributed by atoms with E-state index in [2.05, 4.69) is 22.4 Å². The van der Waals surface area contributed by atoms with Gasteiger partial charge in [0.1, 0.15) is 0 Å². The molecular formula is C15H26N2O2S. The maximum atomic E-state index is 12.1. The first-order valence-corrected chi connectivity index (χ1v) is 8.50. The molecule has 0 radical (unpaired) electrons. The lowest BCUT2D eigenvalue weighted by Gasteiger charge is -2.49. The molecule has 0 bridgehead atoms. The van der Waals surface area contributed by atoms with E-state index < -0.39 is 0 Å². The van der Waals surface area contributed by atoms with Gasteiger partial charge in [-0.05, 0) is 12.8 Å². The fourth-order valence-electron chi connectivity index (χ4n) is 4.08. The van der Waals surface area contributed by atoms with E-state index in [0.29, 0.717) is 12.3 Å². The van der Waals surface area contributed by atoms with Crippen molar-refractivity contribution < 1.29 is 9.53 Å². The van der Waals surface area contributed by atoms with Crippen molar-refractivity contribution in [3.63, 3.8) is 0 Å². The number of nitrogens with zero attached hydrogens (tertiary/aromatic N) is 2. The Labute approximate surface area is 127 Å². The number of likely N-dealkylation sites (tertiary alicyclic amines) is 1. The number of carbonyl (C=O) groups is 1. The summed E-state index contributed by atoms with van der Waals surface area (Å²) in [5.41, 5.74) is 0.204. The molecule has 2 saturated heterocycles. The van der Waals surface area contributed by atoms with Crippen LogP contribution in [0, 0.1) is 0 Å². The van der Waals surface area contributed by atoms with Crippen LogP contribution in [0.5, 0.6) is 0 Å². The minimum atomic E-state index is 0.204. The average molecular weight is 298 g/mol. The highest BCUT2D eigenvalue weighted by molar-refractivity contribution is 7.81. The summed E-state index contributed by atoms with van der Waals surface area (Å²) in [5.74, 6) is 0.295. The van der Waals surface area contributed by atoms with Crippen molar-refractivity contribution in [1.82, 2.24) is 9.80 Å². The van der Waals surface area contributed by atoms with Crippen molar-refractivity contribution >= 4 is 18.5 Å². The molecule has 1 amide bonds. The SMILES string of the molecule is O=C1CC(S)CN1CC1(N2CCOCC2)CCCCC1. The molecular weight excluding hydrogens is 272 g/mol. The minimum Gasteiger partial charge on any atom is -0.379 e. The Balaban J connectivity index is 1.73. The zero-order valence-electron chi connectivity index (χ0n) is 12.2. The van der Waals surface area contributed by atoms with Crippen LogP contribution in [0.3, 0.4) is 0 Å². The van der Waals surface area contributed by atoms with Crippen LogP contribution < -0.4 is 0 Å². The first-order chi connectivity index (χ1) is 9.70. The van der Waals surface area contributed by atoms with Gasteiger partial charge in [-0.15, -0.1) is 0 Å². The quantitative estimate of drug-likeness (QED) is 0.803. The van der Waals surface area contributed by atoms with Crippen molar-refractivity contribution in [3.05, 3.63) is 0 Å². The summed E-state index contributed by atoms with van der Waals surface area (Å²) in [6.07, 6.45) is 7.01. The van der Waals surface area contributed by atoms with Crippen LogP contribution in [0.2, 0.25) is 0 Å². The van der Waals surface area contributed by atoms with Gasteiger partial charge in [0.25, 0.3) is 0 Å². The molecule has 0 N–H and O–H groups in total. The summed E-state index contributed by atoms with van der Waals surface area (Å²) in [6.45, 7) is 5.45. The van der Waals surface area contributed by atoms with Gasteiger partial charge in [-0.25, -0.2) is 0 Å². The van der Waals surface area contributed by atoms with Crippen LogP contribution in [-0.2, 0) is 9.53 Å². The molecule has 20 heavy (non-hydrogen) atoms. The summed E-state index contributed by atoms with van der Waals surface area (Å²) in [4.78, 5) is 16.8. The van der Waals surface area contributed by atoms with Crippen molar-refractivity contribution in [2.24, 2.45) is 0 Å². The van der Waals surface area contributed by atoms with E-state index in [-0.39, 0.29) is 10.8 Å². The van der Waals surface area contributed by atoms with Gasteiger partial charge in [-0.3, -0.25) is 9.69 Å². The number of rotatable bonds is 3. The summed E-state index contributed by atoms with van der Waals surface area (Å²) in [6, 6.07) is 0. The number of ether oxygens (including phenoxy) is 1. The van der Waals surface area contributed by atoms with Gasteiger partial charge in [0.2, 0.25) is 5.91 Å². The van der Waals surface area contributed by atoms with Crippen LogP contribution >= 0.6 is 12.6 Å². The predicted octanol–water partition coefficient (Wildman–Crippen LogP) is 1.55. The van der Waals surface area contributed by atoms with E-state index >= 15 is 0 Å². The van der Waals surface area contributed by atoms with Crippen LogP contribution in [0.1, 0.15) is 38.5 Å². The molecule has 1 unspecified atom stereocenters. The highest BCUT2D eigenvalue weighted by atomic mass is 32.1. The molecule has 0 aromatic rings. The number of hydrogen-bond acceptors (Lipinski definition) is 4. The summed E-state index contributed by atoms with van der Waals surface area (Å²) in [7, 11) is 0. The van der Waals surface area contributed by atoms with Crippen molar-refractivity contribution in [2.45, 2.75) is 49.3 Å². The second-order valence-electron chi connectivity index (χ2n) is 6.52. The zero-order valence-corrected chi connectivity index (χ0v) is 13.1. The number of morpholine rings is 1. The Morgan fingerprint density at radius 2 is 1.90 bits per heavy atom. The van der Waals surface area contributed by atoms with Gasteiger partial charge in [0.05, 0.1) is 13.2 Å². The molecule has 5 heteroatoms. The summed E-state index contributed by atoms with van der Waals surface area (Å²) >= 11 is 4.49. The van der Waals surface area contributed by atoms with Crippen LogP contribution in [0.25, 0.3) is 0 Å². The molecule has 0 aromatic carbocycles. The molecule has 1 aliphatic carbocycles. The van der Waals surface area contributed by atoms with Crippen LogP contribution in [0.15, 0.2) is 0 Å². The Bertz CT molecular complexity index is 352. The lowest BCUT2D eigenvalue weighted by Crippen LogP contribution is -2.59. The smallest absolute Gasteiger partial charge is 0.223 e. The Morgan fingerprint density at radius 1 is 1.20 bits per heavy atom. The number of carbonyl (C=O) groups excluding carboxylic acids is 1. The lowest BCUT2D eigenvalue weighted by molar-refractivity contribution is -0.131. The van der Waals surface area contributed by atoms with E-state index in [1.165, 1.54) is 32.1 Å². The van der Waals surface area contributed by atoms with Gasteiger partial charge < -0.3 is 9.64 Å². The second kappa shape index (κ2) is 6.24. The number of thiol groups is 1. The largest absolute Gasteiger partial charge is 0.379 e.